The second-order valence-corrected chi connectivity index (χ2v) is 6.15. The van der Waals surface area contributed by atoms with Crippen molar-refractivity contribution < 1.29 is 0 Å². The lowest BCUT2D eigenvalue weighted by Crippen LogP contribution is -2.19. The molecule has 2 rings (SSSR count). The predicted octanol–water partition coefficient (Wildman–Crippen LogP) is 4.06. The van der Waals surface area contributed by atoms with Crippen LogP contribution < -0.4 is 5.43 Å². The molecule has 0 unspecified atom stereocenters. The van der Waals surface area contributed by atoms with E-state index >= 15 is 0 Å². The summed E-state index contributed by atoms with van der Waals surface area (Å²) in [6.07, 6.45) is 3.20. The molecule has 0 saturated heterocycles. The van der Waals surface area contributed by atoms with Crippen molar-refractivity contribution in [1.82, 2.24) is 10.3 Å². The summed E-state index contributed by atoms with van der Waals surface area (Å²) in [5, 5.41) is 5.20. The van der Waals surface area contributed by atoms with Gasteiger partial charge in [-0.25, -0.2) is 15.4 Å². The second kappa shape index (κ2) is 9.81. The van der Waals surface area contributed by atoms with Crippen LogP contribution in [0.1, 0.15) is 11.1 Å². The molecule has 0 aliphatic heterocycles. The number of guanidine groups is 1. The molecule has 2 aromatic rings. The molecule has 0 heterocycles. The molecule has 25 heavy (non-hydrogen) atoms. The van der Waals surface area contributed by atoms with Crippen molar-refractivity contribution in [2.24, 2.45) is 15.1 Å². The number of hydrazone groups is 1. The lowest BCUT2D eigenvalue weighted by Gasteiger charge is -2.05. The molecule has 1 N–H and O–H groups in total. The standard InChI is InChI=1S/C18H19Cl2N5/c1-25(2)13-22-18(21-11-14-7-4-3-5-8-14)24-23-12-15-16(19)9-6-10-17(15)20/h3-10,12-13H,11H2,1-2H3,(H,21,24)/b22-13?,23-12+. The highest BCUT2D eigenvalue weighted by molar-refractivity contribution is 6.38. The summed E-state index contributed by atoms with van der Waals surface area (Å²) in [6, 6.07) is 15.2. The van der Waals surface area contributed by atoms with Gasteiger partial charge in [-0.3, -0.25) is 0 Å². The Morgan fingerprint density at radius 3 is 2.36 bits per heavy atom. The fourth-order valence-corrected chi connectivity index (χ4v) is 2.31. The number of hydrogen-bond donors (Lipinski definition) is 1. The van der Waals surface area contributed by atoms with Gasteiger partial charge < -0.3 is 4.90 Å². The topological polar surface area (TPSA) is 52.4 Å². The van der Waals surface area contributed by atoms with Gasteiger partial charge in [0.1, 0.15) is 0 Å². The summed E-state index contributed by atoms with van der Waals surface area (Å²) in [5.74, 6) is 0.386. The van der Waals surface area contributed by atoms with E-state index in [1.807, 2.05) is 49.3 Å². The fourth-order valence-electron chi connectivity index (χ4n) is 1.81. The maximum Gasteiger partial charge on any atom is 0.240 e. The smallest absolute Gasteiger partial charge is 0.240 e. The molecule has 0 spiro atoms. The van der Waals surface area contributed by atoms with Crippen LogP contribution in [0.25, 0.3) is 0 Å². The SMILES string of the molecule is CN(C)C=NC(=NCc1ccccc1)N/N=C/c1c(Cl)cccc1Cl. The Bertz CT molecular complexity index is 750. The normalized spacial score (nSPS) is 12.1. The van der Waals surface area contributed by atoms with Crippen molar-refractivity contribution in [3.05, 3.63) is 69.7 Å². The summed E-state index contributed by atoms with van der Waals surface area (Å²) >= 11 is 12.2. The molecule has 0 aliphatic carbocycles. The number of benzene rings is 2. The summed E-state index contributed by atoms with van der Waals surface area (Å²) in [5.41, 5.74) is 4.55. The van der Waals surface area contributed by atoms with Gasteiger partial charge in [-0.1, -0.05) is 59.6 Å². The first-order valence-corrected chi connectivity index (χ1v) is 8.34. The maximum absolute atomic E-state index is 6.12. The maximum atomic E-state index is 6.12. The van der Waals surface area contributed by atoms with Gasteiger partial charge in [-0.15, -0.1) is 0 Å². The van der Waals surface area contributed by atoms with E-state index in [9.17, 15) is 0 Å². The third kappa shape index (κ3) is 6.57. The molecule has 0 saturated carbocycles. The number of nitrogens with one attached hydrogen (secondary N) is 1. The molecule has 0 aromatic heterocycles. The van der Waals surface area contributed by atoms with Gasteiger partial charge in [0.05, 0.1) is 29.1 Å². The minimum absolute atomic E-state index is 0.386. The van der Waals surface area contributed by atoms with Gasteiger partial charge in [-0.2, -0.15) is 5.10 Å². The first-order valence-electron chi connectivity index (χ1n) is 7.58. The van der Waals surface area contributed by atoms with E-state index in [2.05, 4.69) is 20.5 Å². The Kier molecular flexibility index (Phi) is 7.44. The van der Waals surface area contributed by atoms with E-state index in [-0.39, 0.29) is 0 Å². The van der Waals surface area contributed by atoms with Crippen LogP contribution >= 0.6 is 23.2 Å². The van der Waals surface area contributed by atoms with Gasteiger partial charge >= 0.3 is 0 Å². The summed E-state index contributed by atoms with van der Waals surface area (Å²) in [6.45, 7) is 0.496. The fraction of sp³-hybridized carbons (Fsp3) is 0.167. The van der Waals surface area contributed by atoms with E-state index in [1.54, 1.807) is 30.8 Å². The molecule has 130 valence electrons. The monoisotopic (exact) mass is 375 g/mol. The Hall–Kier alpha value is -2.37. The molecular weight excluding hydrogens is 357 g/mol. The van der Waals surface area contributed by atoms with Crippen LogP contribution in [0.3, 0.4) is 0 Å². The van der Waals surface area contributed by atoms with Gasteiger partial charge in [0.15, 0.2) is 0 Å². The van der Waals surface area contributed by atoms with Crippen molar-refractivity contribution in [2.45, 2.75) is 6.54 Å². The molecule has 2 aromatic carbocycles. The Balaban J connectivity index is 2.11. The van der Waals surface area contributed by atoms with Crippen molar-refractivity contribution >= 4 is 41.7 Å². The zero-order valence-corrected chi connectivity index (χ0v) is 15.5. The van der Waals surface area contributed by atoms with E-state index < -0.39 is 0 Å². The van der Waals surface area contributed by atoms with E-state index in [0.29, 0.717) is 28.1 Å². The number of rotatable bonds is 5. The Morgan fingerprint density at radius 2 is 1.72 bits per heavy atom. The lowest BCUT2D eigenvalue weighted by molar-refractivity contribution is 0.643. The third-order valence-corrected chi connectivity index (χ3v) is 3.68. The van der Waals surface area contributed by atoms with Crippen LogP contribution in [0.5, 0.6) is 0 Å². The van der Waals surface area contributed by atoms with Crippen molar-refractivity contribution in [1.29, 1.82) is 0 Å². The highest BCUT2D eigenvalue weighted by Crippen LogP contribution is 2.21. The first-order chi connectivity index (χ1) is 12.1. The van der Waals surface area contributed by atoms with E-state index in [4.69, 9.17) is 23.2 Å². The van der Waals surface area contributed by atoms with E-state index in [1.165, 1.54) is 0 Å². The summed E-state index contributed by atoms with van der Waals surface area (Å²) < 4.78 is 0. The predicted molar refractivity (Wildman–Crippen MR) is 107 cm³/mol. The molecule has 0 radical (unpaired) electrons. The van der Waals surface area contributed by atoms with Gasteiger partial charge in [0, 0.05) is 19.7 Å². The van der Waals surface area contributed by atoms with Crippen LogP contribution in [0.2, 0.25) is 10.0 Å². The summed E-state index contributed by atoms with van der Waals surface area (Å²) in [7, 11) is 3.76. The van der Waals surface area contributed by atoms with Gasteiger partial charge in [0.2, 0.25) is 5.96 Å². The quantitative estimate of drug-likeness (QED) is 0.486. The van der Waals surface area contributed by atoms with Gasteiger partial charge in [-0.05, 0) is 17.7 Å². The molecule has 0 fully saturated rings. The number of nitrogens with zero attached hydrogens (tertiary/aromatic N) is 4. The highest BCUT2D eigenvalue weighted by Gasteiger charge is 2.02. The van der Waals surface area contributed by atoms with Crippen molar-refractivity contribution in [2.75, 3.05) is 14.1 Å². The van der Waals surface area contributed by atoms with Crippen LogP contribution in [0.4, 0.5) is 0 Å². The molecule has 7 heteroatoms. The Morgan fingerprint density at radius 1 is 1.04 bits per heavy atom. The number of aliphatic imine (C=N–C) groups is 2. The van der Waals surface area contributed by atoms with Crippen molar-refractivity contribution in [3.8, 4) is 0 Å². The number of hydrogen-bond acceptors (Lipinski definition) is 2. The van der Waals surface area contributed by atoms with Crippen LogP contribution in [-0.2, 0) is 6.54 Å². The molecular formula is C18H19Cl2N5. The average Bonchev–Trinajstić information content (AvgIpc) is 2.60. The minimum atomic E-state index is 0.386. The highest BCUT2D eigenvalue weighted by atomic mass is 35.5. The second-order valence-electron chi connectivity index (χ2n) is 5.34. The number of halogens is 2. The molecule has 0 bridgehead atoms. The van der Waals surface area contributed by atoms with Crippen LogP contribution in [0, 0.1) is 0 Å². The van der Waals surface area contributed by atoms with Crippen molar-refractivity contribution in [3.63, 3.8) is 0 Å². The average molecular weight is 376 g/mol. The largest absolute Gasteiger partial charge is 0.369 e. The van der Waals surface area contributed by atoms with Crippen LogP contribution in [-0.4, -0.2) is 37.5 Å². The zero-order chi connectivity index (χ0) is 18.1. The third-order valence-electron chi connectivity index (χ3n) is 3.02. The molecule has 0 atom stereocenters. The lowest BCUT2D eigenvalue weighted by atomic mass is 10.2. The zero-order valence-electron chi connectivity index (χ0n) is 14.0. The summed E-state index contributed by atoms with van der Waals surface area (Å²) in [4.78, 5) is 10.5. The first kappa shape index (κ1) is 19.0. The van der Waals surface area contributed by atoms with Gasteiger partial charge in [0.25, 0.3) is 0 Å². The molecule has 5 nitrogen and oxygen atoms in total. The van der Waals surface area contributed by atoms with Crippen LogP contribution in [0.15, 0.2) is 63.6 Å². The van der Waals surface area contributed by atoms with E-state index in [0.717, 1.165) is 5.56 Å². The minimum Gasteiger partial charge on any atom is -0.369 e. The molecule has 0 amide bonds. The molecule has 0 aliphatic rings. The Labute approximate surface area is 157 Å².